The summed E-state index contributed by atoms with van der Waals surface area (Å²) < 4.78 is 5.13. The van der Waals surface area contributed by atoms with E-state index < -0.39 is 0 Å². The Balaban J connectivity index is 1.73. The molecule has 1 aromatic rings. The molecule has 2 rings (SSSR count). The molecule has 0 aromatic carbocycles. The maximum absolute atomic E-state index is 12.1. The summed E-state index contributed by atoms with van der Waals surface area (Å²) >= 11 is 0. The van der Waals surface area contributed by atoms with Crippen molar-refractivity contribution in [2.75, 3.05) is 13.1 Å². The number of rotatable bonds is 5. The predicted molar refractivity (Wildman–Crippen MR) is 79.8 cm³/mol. The molecule has 2 heterocycles. The first-order valence-electron chi connectivity index (χ1n) is 7.68. The highest BCUT2D eigenvalue weighted by molar-refractivity contribution is 5.91. The van der Waals surface area contributed by atoms with Gasteiger partial charge in [-0.3, -0.25) is 9.59 Å². The van der Waals surface area contributed by atoms with Gasteiger partial charge in [0.25, 0.3) is 5.91 Å². The lowest BCUT2D eigenvalue weighted by Crippen LogP contribution is -2.46. The molecule has 0 saturated carbocycles. The smallest absolute Gasteiger partial charge is 0.289 e. The first kappa shape index (κ1) is 15.6. The van der Waals surface area contributed by atoms with Crippen molar-refractivity contribution in [1.82, 2.24) is 10.2 Å². The Labute approximate surface area is 125 Å². The summed E-state index contributed by atoms with van der Waals surface area (Å²) in [5.74, 6) is 0.988. The van der Waals surface area contributed by atoms with Gasteiger partial charge in [0.15, 0.2) is 5.76 Å². The van der Waals surface area contributed by atoms with Crippen LogP contribution < -0.4 is 5.32 Å². The quantitative estimate of drug-likeness (QED) is 0.906. The van der Waals surface area contributed by atoms with Gasteiger partial charge in [0, 0.05) is 25.6 Å². The molecule has 0 spiro atoms. The van der Waals surface area contributed by atoms with Gasteiger partial charge >= 0.3 is 0 Å². The van der Waals surface area contributed by atoms with E-state index in [9.17, 15) is 9.59 Å². The van der Waals surface area contributed by atoms with Crippen molar-refractivity contribution in [3.63, 3.8) is 0 Å². The minimum Gasteiger partial charge on any atom is -0.459 e. The maximum Gasteiger partial charge on any atom is 0.289 e. The fourth-order valence-corrected chi connectivity index (χ4v) is 2.50. The molecule has 5 heteroatoms. The van der Waals surface area contributed by atoms with Crippen LogP contribution in [0.3, 0.4) is 0 Å². The van der Waals surface area contributed by atoms with Crippen LogP contribution in [0.5, 0.6) is 0 Å². The van der Waals surface area contributed by atoms with Crippen molar-refractivity contribution in [2.45, 2.75) is 45.6 Å². The molecule has 1 aromatic heterocycles. The molecule has 0 aliphatic carbocycles. The van der Waals surface area contributed by atoms with Gasteiger partial charge in [0.1, 0.15) is 0 Å². The maximum atomic E-state index is 12.1. The SMILES string of the molecule is CC(C)CCC(=O)NC1CCN(C(=O)c2ccco2)CC1. The van der Waals surface area contributed by atoms with Crippen LogP contribution in [0.4, 0.5) is 0 Å². The number of nitrogens with zero attached hydrogens (tertiary/aromatic N) is 1. The Hall–Kier alpha value is -1.78. The van der Waals surface area contributed by atoms with Crippen molar-refractivity contribution >= 4 is 11.8 Å². The zero-order valence-corrected chi connectivity index (χ0v) is 12.8. The molecular formula is C16H24N2O3. The normalized spacial score (nSPS) is 16.2. The minimum atomic E-state index is -0.0652. The van der Waals surface area contributed by atoms with Gasteiger partial charge in [-0.2, -0.15) is 0 Å². The number of hydrogen-bond donors (Lipinski definition) is 1. The zero-order chi connectivity index (χ0) is 15.2. The number of likely N-dealkylation sites (tertiary alicyclic amines) is 1. The summed E-state index contributed by atoms with van der Waals surface area (Å²) in [6.45, 7) is 5.56. The van der Waals surface area contributed by atoms with E-state index in [0.717, 1.165) is 19.3 Å². The van der Waals surface area contributed by atoms with Crippen LogP contribution in [0, 0.1) is 5.92 Å². The van der Waals surface area contributed by atoms with Crippen LogP contribution in [0.15, 0.2) is 22.8 Å². The van der Waals surface area contributed by atoms with Crippen LogP contribution in [0.2, 0.25) is 0 Å². The van der Waals surface area contributed by atoms with Crippen LogP contribution in [-0.4, -0.2) is 35.8 Å². The lowest BCUT2D eigenvalue weighted by Gasteiger charge is -2.32. The standard InChI is InChI=1S/C16H24N2O3/c1-12(2)5-6-15(19)17-13-7-9-18(10-8-13)16(20)14-4-3-11-21-14/h3-4,11-13H,5-10H2,1-2H3,(H,17,19). The molecule has 1 saturated heterocycles. The summed E-state index contributed by atoms with van der Waals surface area (Å²) in [5, 5.41) is 3.07. The molecule has 0 unspecified atom stereocenters. The Morgan fingerprint density at radius 1 is 1.38 bits per heavy atom. The minimum absolute atomic E-state index is 0.0652. The summed E-state index contributed by atoms with van der Waals surface area (Å²) in [4.78, 5) is 25.7. The van der Waals surface area contributed by atoms with Gasteiger partial charge in [-0.1, -0.05) is 13.8 Å². The molecule has 21 heavy (non-hydrogen) atoms. The Kier molecular flexibility index (Phi) is 5.42. The average Bonchev–Trinajstić information content (AvgIpc) is 2.99. The third-order valence-corrected chi connectivity index (χ3v) is 3.83. The summed E-state index contributed by atoms with van der Waals surface area (Å²) in [6.07, 6.45) is 4.62. The first-order chi connectivity index (χ1) is 10.1. The number of hydrogen-bond acceptors (Lipinski definition) is 3. The van der Waals surface area contributed by atoms with E-state index in [1.807, 2.05) is 0 Å². The fourth-order valence-electron chi connectivity index (χ4n) is 2.50. The molecule has 1 N–H and O–H groups in total. The van der Waals surface area contributed by atoms with Crippen LogP contribution >= 0.6 is 0 Å². The second-order valence-electron chi connectivity index (χ2n) is 6.04. The van der Waals surface area contributed by atoms with Crippen molar-refractivity contribution in [1.29, 1.82) is 0 Å². The number of nitrogens with one attached hydrogen (secondary N) is 1. The predicted octanol–water partition coefficient (Wildman–Crippen LogP) is 2.44. The zero-order valence-electron chi connectivity index (χ0n) is 12.8. The van der Waals surface area contributed by atoms with Gasteiger partial charge in [-0.25, -0.2) is 0 Å². The second kappa shape index (κ2) is 7.29. The van der Waals surface area contributed by atoms with E-state index in [1.54, 1.807) is 17.0 Å². The Morgan fingerprint density at radius 3 is 2.67 bits per heavy atom. The number of furan rings is 1. The van der Waals surface area contributed by atoms with Gasteiger partial charge in [-0.15, -0.1) is 0 Å². The van der Waals surface area contributed by atoms with Crippen molar-refractivity contribution in [3.8, 4) is 0 Å². The summed E-state index contributed by atoms with van der Waals surface area (Å²) in [5.41, 5.74) is 0. The lowest BCUT2D eigenvalue weighted by molar-refractivity contribution is -0.122. The molecule has 1 aliphatic rings. The highest BCUT2D eigenvalue weighted by atomic mass is 16.3. The molecule has 116 valence electrons. The average molecular weight is 292 g/mol. The summed E-state index contributed by atoms with van der Waals surface area (Å²) in [6, 6.07) is 3.59. The number of carbonyl (C=O) groups excluding carboxylic acids is 2. The van der Waals surface area contributed by atoms with E-state index >= 15 is 0 Å². The Bertz CT molecular complexity index is 460. The van der Waals surface area contributed by atoms with Gasteiger partial charge in [-0.05, 0) is 37.3 Å². The Morgan fingerprint density at radius 2 is 2.10 bits per heavy atom. The molecule has 0 bridgehead atoms. The first-order valence-corrected chi connectivity index (χ1v) is 7.68. The molecule has 1 aliphatic heterocycles. The topological polar surface area (TPSA) is 62.6 Å². The van der Waals surface area contributed by atoms with E-state index in [4.69, 9.17) is 4.42 Å². The molecular weight excluding hydrogens is 268 g/mol. The largest absolute Gasteiger partial charge is 0.459 e. The van der Waals surface area contributed by atoms with Crippen LogP contribution in [-0.2, 0) is 4.79 Å². The highest BCUT2D eigenvalue weighted by Crippen LogP contribution is 2.15. The third-order valence-electron chi connectivity index (χ3n) is 3.83. The number of piperidine rings is 1. The summed E-state index contributed by atoms with van der Waals surface area (Å²) in [7, 11) is 0. The van der Waals surface area contributed by atoms with E-state index in [2.05, 4.69) is 19.2 Å². The molecule has 2 amide bonds. The monoisotopic (exact) mass is 292 g/mol. The molecule has 1 fully saturated rings. The molecule has 0 atom stereocenters. The van der Waals surface area contributed by atoms with Crippen LogP contribution in [0.25, 0.3) is 0 Å². The van der Waals surface area contributed by atoms with E-state index in [1.165, 1.54) is 6.26 Å². The van der Waals surface area contributed by atoms with Gasteiger partial charge in [0.05, 0.1) is 6.26 Å². The van der Waals surface area contributed by atoms with Crippen molar-refractivity contribution in [2.24, 2.45) is 5.92 Å². The van der Waals surface area contributed by atoms with Crippen molar-refractivity contribution in [3.05, 3.63) is 24.2 Å². The highest BCUT2D eigenvalue weighted by Gasteiger charge is 2.25. The third kappa shape index (κ3) is 4.62. The van der Waals surface area contributed by atoms with Crippen LogP contribution in [0.1, 0.15) is 50.1 Å². The lowest BCUT2D eigenvalue weighted by atomic mass is 10.0. The number of carbonyl (C=O) groups is 2. The van der Waals surface area contributed by atoms with Gasteiger partial charge in [0.2, 0.25) is 5.91 Å². The van der Waals surface area contributed by atoms with Gasteiger partial charge < -0.3 is 14.6 Å². The van der Waals surface area contributed by atoms with E-state index in [0.29, 0.717) is 31.2 Å². The van der Waals surface area contributed by atoms with E-state index in [-0.39, 0.29) is 17.9 Å². The number of amides is 2. The van der Waals surface area contributed by atoms with Crippen molar-refractivity contribution < 1.29 is 14.0 Å². The molecule has 5 nitrogen and oxygen atoms in total. The second-order valence-corrected chi connectivity index (χ2v) is 6.04. The fraction of sp³-hybridized carbons (Fsp3) is 0.625. The molecule has 0 radical (unpaired) electrons.